The molecule has 0 aliphatic heterocycles. The van der Waals surface area contributed by atoms with Crippen molar-refractivity contribution in [2.45, 2.75) is 32.9 Å². The van der Waals surface area contributed by atoms with Crippen LogP contribution in [0.15, 0.2) is 34.9 Å². The molecule has 1 amide bonds. The summed E-state index contributed by atoms with van der Waals surface area (Å²) < 4.78 is 10.7. The average molecular weight is 313 g/mol. The van der Waals surface area contributed by atoms with Gasteiger partial charge in [-0.1, -0.05) is 0 Å². The Bertz CT molecular complexity index is 721. The van der Waals surface area contributed by atoms with Crippen molar-refractivity contribution in [2.75, 3.05) is 7.05 Å². The summed E-state index contributed by atoms with van der Waals surface area (Å²) in [5.74, 6) is 0.446. The molecule has 0 atom stereocenters. The third-order valence-electron chi connectivity index (χ3n) is 2.92. The molecule has 6 nitrogen and oxygen atoms in total. The van der Waals surface area contributed by atoms with Crippen molar-refractivity contribution >= 4 is 6.09 Å². The minimum atomic E-state index is -0.539. The van der Waals surface area contributed by atoms with Crippen LogP contribution in [0.4, 0.5) is 4.79 Å². The van der Waals surface area contributed by atoms with Gasteiger partial charge in [0.2, 0.25) is 5.89 Å². The van der Waals surface area contributed by atoms with E-state index in [4.69, 9.17) is 14.4 Å². The number of carbonyl (C=O) groups excluding carboxylic acids is 1. The molecule has 0 aliphatic rings. The fourth-order valence-electron chi connectivity index (χ4n) is 1.85. The summed E-state index contributed by atoms with van der Waals surface area (Å²) in [4.78, 5) is 17.7. The summed E-state index contributed by atoms with van der Waals surface area (Å²) in [7, 11) is 1.64. The summed E-state index contributed by atoms with van der Waals surface area (Å²) in [5.41, 5.74) is 1.43. The van der Waals surface area contributed by atoms with Crippen LogP contribution in [0.25, 0.3) is 11.5 Å². The third-order valence-corrected chi connectivity index (χ3v) is 2.92. The topological polar surface area (TPSA) is 79.4 Å². The Kier molecular flexibility index (Phi) is 4.70. The van der Waals surface area contributed by atoms with Crippen LogP contribution in [0, 0.1) is 11.3 Å². The molecule has 0 radical (unpaired) electrons. The Morgan fingerprint density at radius 3 is 2.57 bits per heavy atom. The number of nitriles is 1. The van der Waals surface area contributed by atoms with Crippen LogP contribution >= 0.6 is 0 Å². The van der Waals surface area contributed by atoms with E-state index in [-0.39, 0.29) is 6.54 Å². The summed E-state index contributed by atoms with van der Waals surface area (Å²) >= 11 is 0. The molecule has 2 aromatic rings. The predicted molar refractivity (Wildman–Crippen MR) is 84.4 cm³/mol. The molecule has 2 rings (SSSR count). The molecule has 1 heterocycles. The summed E-state index contributed by atoms with van der Waals surface area (Å²) in [6.45, 7) is 5.74. The number of rotatable bonds is 3. The highest BCUT2D eigenvalue weighted by Crippen LogP contribution is 2.20. The van der Waals surface area contributed by atoms with Crippen LogP contribution in [-0.2, 0) is 11.3 Å². The first kappa shape index (κ1) is 16.6. The lowest BCUT2D eigenvalue weighted by molar-refractivity contribution is 0.0283. The second kappa shape index (κ2) is 6.53. The summed E-state index contributed by atoms with van der Waals surface area (Å²) in [5, 5.41) is 8.80. The number of benzene rings is 1. The van der Waals surface area contributed by atoms with Crippen molar-refractivity contribution in [1.29, 1.82) is 5.26 Å². The quantitative estimate of drug-likeness (QED) is 0.865. The average Bonchev–Trinajstić information content (AvgIpc) is 2.94. The van der Waals surface area contributed by atoms with Gasteiger partial charge in [0, 0.05) is 12.6 Å². The number of aromatic nitrogens is 1. The van der Waals surface area contributed by atoms with Crippen LogP contribution < -0.4 is 0 Å². The van der Waals surface area contributed by atoms with Crippen molar-refractivity contribution in [3.63, 3.8) is 0 Å². The summed E-state index contributed by atoms with van der Waals surface area (Å²) in [6.07, 6.45) is 1.09. The van der Waals surface area contributed by atoms with Gasteiger partial charge in [-0.15, -0.1) is 0 Å². The first-order chi connectivity index (χ1) is 10.8. The maximum atomic E-state index is 11.9. The SMILES string of the molecule is CN(Cc1coc(-c2ccc(C#N)cc2)n1)C(=O)OC(C)(C)C. The second-order valence-corrected chi connectivity index (χ2v) is 6.17. The van der Waals surface area contributed by atoms with Gasteiger partial charge in [-0.05, 0) is 45.0 Å². The van der Waals surface area contributed by atoms with E-state index in [0.717, 1.165) is 5.56 Å². The first-order valence-corrected chi connectivity index (χ1v) is 7.17. The van der Waals surface area contributed by atoms with Gasteiger partial charge in [0.05, 0.1) is 23.9 Å². The van der Waals surface area contributed by atoms with Crippen LogP contribution in [-0.4, -0.2) is 28.6 Å². The molecule has 0 saturated heterocycles. The third kappa shape index (κ3) is 4.58. The normalized spacial score (nSPS) is 10.9. The number of hydrogen-bond acceptors (Lipinski definition) is 5. The predicted octanol–water partition coefficient (Wildman–Crippen LogP) is 3.58. The van der Waals surface area contributed by atoms with Gasteiger partial charge in [-0.25, -0.2) is 9.78 Å². The van der Waals surface area contributed by atoms with Crippen LogP contribution in [0.1, 0.15) is 32.0 Å². The van der Waals surface area contributed by atoms with E-state index >= 15 is 0 Å². The van der Waals surface area contributed by atoms with Crippen molar-refractivity contribution in [3.05, 3.63) is 41.8 Å². The van der Waals surface area contributed by atoms with E-state index in [2.05, 4.69) is 11.1 Å². The van der Waals surface area contributed by atoms with E-state index in [1.807, 2.05) is 20.8 Å². The molecule has 6 heteroatoms. The lowest BCUT2D eigenvalue weighted by Gasteiger charge is -2.24. The van der Waals surface area contributed by atoms with E-state index in [1.54, 1.807) is 31.3 Å². The Balaban J connectivity index is 2.04. The maximum Gasteiger partial charge on any atom is 0.410 e. The van der Waals surface area contributed by atoms with E-state index in [0.29, 0.717) is 17.1 Å². The van der Waals surface area contributed by atoms with Gasteiger partial charge in [-0.3, -0.25) is 0 Å². The zero-order valence-electron chi connectivity index (χ0n) is 13.7. The molecule has 0 unspecified atom stereocenters. The van der Waals surface area contributed by atoms with Crippen molar-refractivity contribution < 1.29 is 13.9 Å². The Morgan fingerprint density at radius 1 is 1.35 bits per heavy atom. The minimum Gasteiger partial charge on any atom is -0.444 e. The molecule has 1 aromatic carbocycles. The first-order valence-electron chi connectivity index (χ1n) is 7.17. The van der Waals surface area contributed by atoms with E-state index in [1.165, 1.54) is 11.2 Å². The molecular weight excluding hydrogens is 294 g/mol. The van der Waals surface area contributed by atoms with Crippen molar-refractivity contribution in [2.24, 2.45) is 0 Å². The number of oxazole rings is 1. The van der Waals surface area contributed by atoms with E-state index in [9.17, 15) is 4.79 Å². The van der Waals surface area contributed by atoms with Gasteiger partial charge in [0.1, 0.15) is 11.9 Å². The number of nitrogens with zero attached hydrogens (tertiary/aromatic N) is 3. The zero-order valence-corrected chi connectivity index (χ0v) is 13.7. The fourth-order valence-corrected chi connectivity index (χ4v) is 1.85. The number of amides is 1. The van der Waals surface area contributed by atoms with Gasteiger partial charge in [0.25, 0.3) is 0 Å². The highest BCUT2D eigenvalue weighted by molar-refractivity contribution is 5.67. The monoisotopic (exact) mass is 313 g/mol. The molecule has 0 spiro atoms. The van der Waals surface area contributed by atoms with E-state index < -0.39 is 11.7 Å². The number of hydrogen-bond donors (Lipinski definition) is 0. The van der Waals surface area contributed by atoms with Gasteiger partial charge in [-0.2, -0.15) is 5.26 Å². The second-order valence-electron chi connectivity index (χ2n) is 6.17. The molecule has 23 heavy (non-hydrogen) atoms. The lowest BCUT2D eigenvalue weighted by atomic mass is 10.1. The fraction of sp³-hybridized carbons (Fsp3) is 0.353. The summed E-state index contributed by atoms with van der Waals surface area (Å²) in [6, 6.07) is 9.00. The number of carbonyl (C=O) groups is 1. The highest BCUT2D eigenvalue weighted by Gasteiger charge is 2.20. The van der Waals surface area contributed by atoms with Gasteiger partial charge in [0.15, 0.2) is 0 Å². The smallest absolute Gasteiger partial charge is 0.410 e. The molecule has 0 bridgehead atoms. The molecule has 0 saturated carbocycles. The van der Waals surface area contributed by atoms with Crippen molar-refractivity contribution in [3.8, 4) is 17.5 Å². The van der Waals surface area contributed by atoms with Gasteiger partial charge >= 0.3 is 6.09 Å². The molecule has 0 fully saturated rings. The Labute approximate surface area is 135 Å². The molecular formula is C17H19N3O3. The standard InChI is InChI=1S/C17H19N3O3/c1-17(2,3)23-16(21)20(4)10-14-11-22-15(19-14)13-7-5-12(9-18)6-8-13/h5-8,11H,10H2,1-4H3. The zero-order chi connectivity index (χ0) is 17.0. The molecule has 120 valence electrons. The minimum absolute atomic E-state index is 0.286. The van der Waals surface area contributed by atoms with Crippen LogP contribution in [0.5, 0.6) is 0 Å². The lowest BCUT2D eigenvalue weighted by Crippen LogP contribution is -2.33. The number of ether oxygens (including phenoxy) is 1. The Morgan fingerprint density at radius 2 is 2.00 bits per heavy atom. The highest BCUT2D eigenvalue weighted by atomic mass is 16.6. The van der Waals surface area contributed by atoms with Gasteiger partial charge < -0.3 is 14.1 Å². The molecule has 0 N–H and O–H groups in total. The maximum absolute atomic E-state index is 11.9. The molecule has 0 aliphatic carbocycles. The van der Waals surface area contributed by atoms with Crippen LogP contribution in [0.3, 0.4) is 0 Å². The molecule has 1 aromatic heterocycles. The largest absolute Gasteiger partial charge is 0.444 e. The van der Waals surface area contributed by atoms with Crippen LogP contribution in [0.2, 0.25) is 0 Å². The van der Waals surface area contributed by atoms with Crippen molar-refractivity contribution in [1.82, 2.24) is 9.88 Å². The Hall–Kier alpha value is -2.81.